The number of hydrogen-bond donors (Lipinski definition) is 2. The summed E-state index contributed by atoms with van der Waals surface area (Å²) in [6.07, 6.45) is 0. The lowest BCUT2D eigenvalue weighted by molar-refractivity contribution is 0.0602. The summed E-state index contributed by atoms with van der Waals surface area (Å²) in [5, 5.41) is 3.05. The van der Waals surface area contributed by atoms with Gasteiger partial charge in [0.2, 0.25) is 0 Å². The van der Waals surface area contributed by atoms with E-state index in [0.29, 0.717) is 23.5 Å². The van der Waals surface area contributed by atoms with Crippen molar-refractivity contribution in [1.82, 2.24) is 0 Å². The van der Waals surface area contributed by atoms with Crippen LogP contribution in [-0.4, -0.2) is 13.1 Å². The highest BCUT2D eigenvalue weighted by atomic mass is 19.1. The first-order chi connectivity index (χ1) is 9.61. The summed E-state index contributed by atoms with van der Waals surface area (Å²) >= 11 is 0. The molecule has 0 heterocycles. The second kappa shape index (κ2) is 6.06. The molecule has 0 saturated heterocycles. The van der Waals surface area contributed by atoms with E-state index in [9.17, 15) is 9.18 Å². The fourth-order valence-electron chi connectivity index (χ4n) is 1.88. The largest absolute Gasteiger partial charge is 0.465 e. The van der Waals surface area contributed by atoms with E-state index >= 15 is 0 Å². The fourth-order valence-corrected chi connectivity index (χ4v) is 1.88. The van der Waals surface area contributed by atoms with Crippen molar-refractivity contribution in [1.29, 1.82) is 0 Å². The predicted octanol–water partition coefficient (Wildman–Crippen LogP) is 2.81. The molecule has 0 aliphatic heterocycles. The van der Waals surface area contributed by atoms with E-state index in [2.05, 4.69) is 5.32 Å². The topological polar surface area (TPSA) is 64.3 Å². The van der Waals surface area contributed by atoms with Crippen LogP contribution >= 0.6 is 0 Å². The van der Waals surface area contributed by atoms with E-state index in [1.54, 1.807) is 30.3 Å². The van der Waals surface area contributed by atoms with E-state index in [1.165, 1.54) is 19.2 Å². The summed E-state index contributed by atoms with van der Waals surface area (Å²) in [7, 11) is 1.31. The number of nitrogens with one attached hydrogen (secondary N) is 1. The zero-order valence-corrected chi connectivity index (χ0v) is 11.0. The van der Waals surface area contributed by atoms with Crippen molar-refractivity contribution in [2.45, 2.75) is 6.54 Å². The molecule has 0 bridgehead atoms. The Bertz CT molecular complexity index is 629. The Labute approximate surface area is 116 Å². The number of methoxy groups -OCH3 is 1. The molecule has 0 amide bonds. The van der Waals surface area contributed by atoms with Crippen molar-refractivity contribution in [3.63, 3.8) is 0 Å². The molecule has 0 saturated carbocycles. The highest BCUT2D eigenvalue weighted by Crippen LogP contribution is 2.24. The first kappa shape index (κ1) is 13.9. The Hall–Kier alpha value is -2.56. The fraction of sp³-hybridized carbons (Fsp3) is 0.133. The van der Waals surface area contributed by atoms with Crippen LogP contribution in [0, 0.1) is 5.82 Å². The van der Waals surface area contributed by atoms with Gasteiger partial charge in [0.05, 0.1) is 24.0 Å². The van der Waals surface area contributed by atoms with E-state index in [0.717, 1.165) is 5.56 Å². The van der Waals surface area contributed by atoms with Gasteiger partial charge in [0.25, 0.3) is 0 Å². The molecule has 20 heavy (non-hydrogen) atoms. The average molecular weight is 274 g/mol. The molecule has 0 spiro atoms. The maximum Gasteiger partial charge on any atom is 0.340 e. The van der Waals surface area contributed by atoms with Crippen molar-refractivity contribution < 1.29 is 13.9 Å². The Morgan fingerprint density at radius 2 is 2.05 bits per heavy atom. The molecule has 104 valence electrons. The van der Waals surface area contributed by atoms with Gasteiger partial charge in [-0.05, 0) is 29.8 Å². The smallest absolute Gasteiger partial charge is 0.340 e. The maximum atomic E-state index is 13.1. The lowest BCUT2D eigenvalue weighted by Gasteiger charge is -2.13. The van der Waals surface area contributed by atoms with Gasteiger partial charge in [0.15, 0.2) is 0 Å². The van der Waals surface area contributed by atoms with Crippen LogP contribution < -0.4 is 11.1 Å². The Kier molecular flexibility index (Phi) is 4.20. The first-order valence-corrected chi connectivity index (χ1v) is 6.07. The molecule has 0 aliphatic rings. The van der Waals surface area contributed by atoms with Crippen molar-refractivity contribution >= 4 is 17.3 Å². The molecule has 2 aromatic rings. The molecule has 0 fully saturated rings. The van der Waals surface area contributed by atoms with Crippen LogP contribution in [0.15, 0.2) is 42.5 Å². The molecular formula is C15H15FN2O2. The molecule has 0 atom stereocenters. The number of nitrogens with two attached hydrogens (primary N) is 1. The van der Waals surface area contributed by atoms with Gasteiger partial charge in [-0.1, -0.05) is 18.2 Å². The molecule has 4 nitrogen and oxygen atoms in total. The Balaban J connectivity index is 2.23. The number of carbonyl (C=O) groups excluding carboxylic acids is 1. The number of anilines is 2. The van der Waals surface area contributed by atoms with Gasteiger partial charge in [-0.3, -0.25) is 0 Å². The number of nitrogen functional groups attached to an aromatic ring is 1. The van der Waals surface area contributed by atoms with Crippen LogP contribution in [0.2, 0.25) is 0 Å². The van der Waals surface area contributed by atoms with E-state index in [-0.39, 0.29) is 5.82 Å². The average Bonchev–Trinajstić information content (AvgIpc) is 2.45. The quantitative estimate of drug-likeness (QED) is 0.664. The van der Waals surface area contributed by atoms with Crippen molar-refractivity contribution in [3.05, 3.63) is 59.4 Å². The lowest BCUT2D eigenvalue weighted by Crippen LogP contribution is -2.10. The number of ether oxygens (including phenoxy) is 1. The van der Waals surface area contributed by atoms with E-state index in [1.807, 2.05) is 0 Å². The number of hydrogen-bond acceptors (Lipinski definition) is 4. The highest BCUT2D eigenvalue weighted by Gasteiger charge is 2.13. The summed E-state index contributed by atoms with van der Waals surface area (Å²) in [5.74, 6) is -0.780. The molecule has 0 aromatic heterocycles. The zero-order chi connectivity index (χ0) is 14.5. The monoisotopic (exact) mass is 274 g/mol. The molecule has 2 aromatic carbocycles. The summed E-state index contributed by atoms with van der Waals surface area (Å²) in [4.78, 5) is 11.7. The molecule has 5 heteroatoms. The first-order valence-electron chi connectivity index (χ1n) is 6.07. The SMILES string of the molecule is COC(=O)c1cccc(N)c1NCc1cccc(F)c1. The van der Waals surface area contributed by atoms with Gasteiger partial charge in [0, 0.05) is 6.54 Å². The van der Waals surface area contributed by atoms with Gasteiger partial charge in [0.1, 0.15) is 5.82 Å². The normalized spacial score (nSPS) is 10.1. The second-order valence-electron chi connectivity index (χ2n) is 4.24. The maximum absolute atomic E-state index is 13.1. The third-order valence-electron chi connectivity index (χ3n) is 2.86. The van der Waals surface area contributed by atoms with Crippen molar-refractivity contribution in [2.75, 3.05) is 18.2 Å². The standard InChI is InChI=1S/C15H15FN2O2/c1-20-15(19)12-6-3-7-13(17)14(12)18-9-10-4-2-5-11(16)8-10/h2-8,18H,9,17H2,1H3. The number of halogens is 1. The minimum Gasteiger partial charge on any atom is -0.465 e. The van der Waals surface area contributed by atoms with Crippen LogP contribution in [-0.2, 0) is 11.3 Å². The molecule has 3 N–H and O–H groups in total. The van der Waals surface area contributed by atoms with Gasteiger partial charge in [-0.2, -0.15) is 0 Å². The van der Waals surface area contributed by atoms with Crippen molar-refractivity contribution in [3.8, 4) is 0 Å². The molecular weight excluding hydrogens is 259 g/mol. The lowest BCUT2D eigenvalue weighted by atomic mass is 10.1. The number of para-hydroxylation sites is 1. The van der Waals surface area contributed by atoms with Crippen LogP contribution in [0.3, 0.4) is 0 Å². The van der Waals surface area contributed by atoms with Crippen LogP contribution in [0.1, 0.15) is 15.9 Å². The highest BCUT2D eigenvalue weighted by molar-refractivity contribution is 5.98. The van der Waals surface area contributed by atoms with Gasteiger partial charge < -0.3 is 15.8 Å². The zero-order valence-electron chi connectivity index (χ0n) is 11.0. The second-order valence-corrected chi connectivity index (χ2v) is 4.24. The minimum absolute atomic E-state index is 0.307. The van der Waals surface area contributed by atoms with Crippen molar-refractivity contribution in [2.24, 2.45) is 0 Å². The minimum atomic E-state index is -0.473. The summed E-state index contributed by atoms with van der Waals surface area (Å²) < 4.78 is 17.8. The van der Waals surface area contributed by atoms with Gasteiger partial charge >= 0.3 is 5.97 Å². The van der Waals surface area contributed by atoms with Crippen LogP contribution in [0.25, 0.3) is 0 Å². The number of esters is 1. The molecule has 0 radical (unpaired) electrons. The molecule has 0 aliphatic carbocycles. The number of carbonyl (C=O) groups is 1. The molecule has 2 rings (SSSR count). The third-order valence-corrected chi connectivity index (χ3v) is 2.86. The Morgan fingerprint density at radius 3 is 2.75 bits per heavy atom. The van der Waals surface area contributed by atoms with E-state index < -0.39 is 5.97 Å². The number of benzene rings is 2. The van der Waals surface area contributed by atoms with Gasteiger partial charge in [-0.25, -0.2) is 9.18 Å². The van der Waals surface area contributed by atoms with Crippen LogP contribution in [0.5, 0.6) is 0 Å². The summed E-state index contributed by atoms with van der Waals surface area (Å²) in [6, 6.07) is 11.2. The third kappa shape index (κ3) is 3.06. The van der Waals surface area contributed by atoms with E-state index in [4.69, 9.17) is 10.5 Å². The summed E-state index contributed by atoms with van der Waals surface area (Å²) in [6.45, 7) is 0.357. The summed E-state index contributed by atoms with van der Waals surface area (Å²) in [5.41, 5.74) is 7.89. The van der Waals surface area contributed by atoms with Crippen LogP contribution in [0.4, 0.5) is 15.8 Å². The Morgan fingerprint density at radius 1 is 1.30 bits per heavy atom. The number of rotatable bonds is 4. The van der Waals surface area contributed by atoms with Gasteiger partial charge in [-0.15, -0.1) is 0 Å². The predicted molar refractivity (Wildman–Crippen MR) is 75.9 cm³/mol. The molecule has 0 unspecified atom stereocenters.